The van der Waals surface area contributed by atoms with Crippen molar-refractivity contribution < 1.29 is 38.2 Å². The molecule has 13 heteroatoms. The van der Waals surface area contributed by atoms with Crippen LogP contribution in [0.25, 0.3) is 11.1 Å². The van der Waals surface area contributed by atoms with Crippen molar-refractivity contribution in [3.05, 3.63) is 137 Å². The Labute approximate surface area is 315 Å². The first-order valence-electron chi connectivity index (χ1n) is 17.5. The molecular formula is C41H39FN4O7S. The number of halogens is 1. The van der Waals surface area contributed by atoms with Crippen molar-refractivity contribution in [1.82, 2.24) is 21.3 Å². The lowest BCUT2D eigenvalue weighted by molar-refractivity contribution is -0.142. The third-order valence-electron chi connectivity index (χ3n) is 9.15. The quantitative estimate of drug-likeness (QED) is 0.165. The Bertz CT molecular complexity index is 1980. The molecule has 11 nitrogen and oxygen atoms in total. The van der Waals surface area contributed by atoms with E-state index in [1.807, 2.05) is 29.7 Å². The number of fused-ring (bicyclic) bond motifs is 15. The number of ether oxygens (including phenoxy) is 1. The van der Waals surface area contributed by atoms with Gasteiger partial charge < -0.3 is 31.1 Å². The van der Waals surface area contributed by atoms with E-state index in [1.54, 1.807) is 60.3 Å². The van der Waals surface area contributed by atoms with Crippen molar-refractivity contribution >= 4 is 41.4 Å². The highest BCUT2D eigenvalue weighted by molar-refractivity contribution is 8.03. The minimum atomic E-state index is -1.47. The summed E-state index contributed by atoms with van der Waals surface area (Å²) in [5.41, 5.74) is 3.22. The summed E-state index contributed by atoms with van der Waals surface area (Å²) in [6.07, 6.45) is 3.00. The molecule has 0 saturated carbocycles. The van der Waals surface area contributed by atoms with Gasteiger partial charge in [0.1, 0.15) is 29.7 Å². The molecule has 2 bridgehead atoms. The van der Waals surface area contributed by atoms with Gasteiger partial charge in [0.2, 0.25) is 17.7 Å². The van der Waals surface area contributed by atoms with Crippen LogP contribution in [0.15, 0.2) is 115 Å². The van der Waals surface area contributed by atoms with Crippen LogP contribution in [-0.4, -0.2) is 64.7 Å². The summed E-state index contributed by atoms with van der Waals surface area (Å²) in [5, 5.41) is 23.0. The molecule has 0 aromatic heterocycles. The van der Waals surface area contributed by atoms with Crippen molar-refractivity contribution in [2.45, 2.75) is 55.1 Å². The van der Waals surface area contributed by atoms with Crippen LogP contribution in [0.5, 0.6) is 5.75 Å². The van der Waals surface area contributed by atoms with Gasteiger partial charge in [0.15, 0.2) is 12.6 Å². The smallest absolute Gasteiger partial charge is 0.330 e. The lowest BCUT2D eigenvalue weighted by Crippen LogP contribution is -2.58. The summed E-state index contributed by atoms with van der Waals surface area (Å²) in [5.74, 6) is -4.00. The number of carbonyl (C=O) groups excluding carboxylic acids is 4. The van der Waals surface area contributed by atoms with E-state index in [2.05, 4.69) is 21.3 Å². The van der Waals surface area contributed by atoms with E-state index in [0.717, 1.165) is 11.1 Å². The standard InChI is InChI=1S/C41H39FN4O7S/c42-30-16-12-28(13-17-30)27-10-8-26(9-11-27)22-33-38(48)45-34(21-25-5-2-1-3-6-25)40(50)46-37(41(51)52)29-14-18-31(19-15-29)53-24-36(47)43-35(39(49)44-33)23-32-7-4-20-54-32/h1-6,8-20,32-35,37H,7,21-24H2,(H,43,47)(H,44,49)(H,45,48)(H,46,50)(H,51,52)/t32?,33-,34-,35-,37?/m0/s1. The SMILES string of the molecule is O=C1COc2ccc(cc2)C(C(=O)O)NC(=O)[C@H](Cc2ccccc2)NC(=O)[C@H](Cc2ccc(-c3ccc(F)cc3)cc2)NC(=O)[C@H](CC2CC=CS2)N1. The van der Waals surface area contributed by atoms with Gasteiger partial charge in [-0.3, -0.25) is 19.2 Å². The molecule has 0 aliphatic carbocycles. The van der Waals surface area contributed by atoms with Crippen molar-refractivity contribution in [2.24, 2.45) is 0 Å². The molecule has 4 aromatic carbocycles. The minimum Gasteiger partial charge on any atom is -0.484 e. The second-order valence-electron chi connectivity index (χ2n) is 13.1. The molecule has 2 unspecified atom stereocenters. The highest BCUT2D eigenvalue weighted by Crippen LogP contribution is 2.28. The van der Waals surface area contributed by atoms with E-state index < -0.39 is 60.4 Å². The largest absolute Gasteiger partial charge is 0.484 e. The number of benzene rings is 4. The number of amides is 4. The first-order valence-corrected chi connectivity index (χ1v) is 18.4. The second-order valence-corrected chi connectivity index (χ2v) is 14.3. The Hall–Kier alpha value is -5.95. The van der Waals surface area contributed by atoms with Crippen LogP contribution in [-0.2, 0) is 36.8 Å². The number of allylic oxidation sites excluding steroid dienone is 1. The average molecular weight is 751 g/mol. The Balaban J connectivity index is 1.34. The van der Waals surface area contributed by atoms with E-state index in [9.17, 15) is 33.5 Å². The summed E-state index contributed by atoms with van der Waals surface area (Å²) >= 11 is 1.55. The molecule has 0 radical (unpaired) electrons. The fraction of sp³-hybridized carbons (Fsp3) is 0.244. The summed E-state index contributed by atoms with van der Waals surface area (Å²) in [7, 11) is 0. The normalized spacial score (nSPS) is 22.2. The number of carboxylic acid groups (broad SMARTS) is 1. The number of aliphatic carboxylic acids is 1. The maximum absolute atomic E-state index is 14.3. The first-order chi connectivity index (χ1) is 26.1. The topological polar surface area (TPSA) is 163 Å². The third-order valence-corrected chi connectivity index (χ3v) is 10.3. The van der Waals surface area contributed by atoms with E-state index in [1.165, 1.54) is 36.4 Å². The lowest BCUT2D eigenvalue weighted by atomic mass is 9.98. The van der Waals surface area contributed by atoms with E-state index in [0.29, 0.717) is 17.5 Å². The van der Waals surface area contributed by atoms with Crippen molar-refractivity contribution in [1.29, 1.82) is 0 Å². The molecule has 4 aromatic rings. The fourth-order valence-electron chi connectivity index (χ4n) is 6.27. The molecule has 3 aliphatic heterocycles. The Morgan fingerprint density at radius 1 is 0.704 bits per heavy atom. The van der Waals surface area contributed by atoms with Gasteiger partial charge in [-0.05, 0) is 70.3 Å². The van der Waals surface area contributed by atoms with E-state index >= 15 is 0 Å². The van der Waals surface area contributed by atoms with Gasteiger partial charge in [0, 0.05) is 18.1 Å². The molecule has 54 heavy (non-hydrogen) atoms. The van der Waals surface area contributed by atoms with Crippen molar-refractivity contribution in [3.8, 4) is 16.9 Å². The summed E-state index contributed by atoms with van der Waals surface area (Å²) in [4.78, 5) is 67.8. The Kier molecular flexibility index (Phi) is 12.4. The predicted molar refractivity (Wildman–Crippen MR) is 202 cm³/mol. The highest BCUT2D eigenvalue weighted by atomic mass is 32.2. The molecule has 3 aliphatic rings. The lowest BCUT2D eigenvalue weighted by Gasteiger charge is -2.27. The molecule has 0 saturated heterocycles. The van der Waals surface area contributed by atoms with Crippen LogP contribution >= 0.6 is 11.8 Å². The number of rotatable bonds is 8. The molecule has 5 N–H and O–H groups in total. The zero-order valence-corrected chi connectivity index (χ0v) is 29.9. The third kappa shape index (κ3) is 10.1. The monoisotopic (exact) mass is 750 g/mol. The van der Waals surface area contributed by atoms with E-state index in [-0.39, 0.29) is 41.6 Å². The maximum atomic E-state index is 14.3. The Morgan fingerprint density at radius 2 is 1.28 bits per heavy atom. The van der Waals surface area contributed by atoms with Gasteiger partial charge in [-0.1, -0.05) is 84.9 Å². The fourth-order valence-corrected chi connectivity index (χ4v) is 7.24. The first kappa shape index (κ1) is 37.8. The van der Waals surface area contributed by atoms with Gasteiger partial charge in [-0.25, -0.2) is 9.18 Å². The minimum absolute atomic E-state index is 0.00798. The maximum Gasteiger partial charge on any atom is 0.330 e. The molecule has 4 amide bonds. The van der Waals surface area contributed by atoms with Crippen LogP contribution in [0.2, 0.25) is 0 Å². The number of hydrogen-bond donors (Lipinski definition) is 5. The van der Waals surface area contributed by atoms with Gasteiger partial charge in [-0.15, -0.1) is 11.8 Å². The zero-order valence-electron chi connectivity index (χ0n) is 29.1. The van der Waals surface area contributed by atoms with Crippen molar-refractivity contribution in [3.63, 3.8) is 0 Å². The van der Waals surface area contributed by atoms with Crippen LogP contribution in [0.3, 0.4) is 0 Å². The second kappa shape index (κ2) is 17.7. The van der Waals surface area contributed by atoms with Gasteiger partial charge in [-0.2, -0.15) is 0 Å². The summed E-state index contributed by atoms with van der Waals surface area (Å²) < 4.78 is 19.2. The molecule has 5 atom stereocenters. The highest BCUT2D eigenvalue weighted by Gasteiger charge is 2.33. The molecule has 0 spiro atoms. The van der Waals surface area contributed by atoms with Crippen LogP contribution in [0.1, 0.15) is 35.6 Å². The number of carboxylic acids is 1. The molecule has 0 fully saturated rings. The summed E-state index contributed by atoms with van der Waals surface area (Å²) in [6, 6.07) is 23.2. The number of carbonyl (C=O) groups is 5. The van der Waals surface area contributed by atoms with Gasteiger partial charge in [0.05, 0.1) is 0 Å². The average Bonchev–Trinajstić information content (AvgIpc) is 3.69. The zero-order chi connectivity index (χ0) is 38.0. The number of thioether (sulfide) groups is 1. The summed E-state index contributed by atoms with van der Waals surface area (Å²) in [6.45, 7) is -0.427. The molecule has 7 rings (SSSR count). The van der Waals surface area contributed by atoms with Crippen LogP contribution in [0, 0.1) is 5.82 Å². The van der Waals surface area contributed by atoms with Gasteiger partial charge in [0.25, 0.3) is 5.91 Å². The number of hydrogen-bond acceptors (Lipinski definition) is 7. The van der Waals surface area contributed by atoms with Gasteiger partial charge >= 0.3 is 5.97 Å². The predicted octanol–water partition coefficient (Wildman–Crippen LogP) is 4.48. The molecular weight excluding hydrogens is 712 g/mol. The van der Waals surface area contributed by atoms with E-state index in [4.69, 9.17) is 4.74 Å². The Morgan fingerprint density at radius 3 is 1.87 bits per heavy atom. The number of nitrogens with one attached hydrogen (secondary N) is 4. The molecule has 278 valence electrons. The molecule has 3 heterocycles. The van der Waals surface area contributed by atoms with Crippen LogP contribution in [0.4, 0.5) is 4.39 Å². The van der Waals surface area contributed by atoms with Crippen molar-refractivity contribution in [2.75, 3.05) is 6.61 Å². The van der Waals surface area contributed by atoms with Crippen LogP contribution < -0.4 is 26.0 Å².